The van der Waals surface area contributed by atoms with E-state index < -0.39 is 32.5 Å². The average Bonchev–Trinajstić information content (AvgIpc) is 3.13. The molecule has 0 aromatic carbocycles. The van der Waals surface area contributed by atoms with Crippen LogP contribution >= 0.6 is 7.82 Å². The highest BCUT2D eigenvalue weighted by Crippen LogP contribution is 2.43. The minimum absolute atomic E-state index is 0.0407. The predicted molar refractivity (Wildman–Crippen MR) is 215 cm³/mol. The van der Waals surface area contributed by atoms with Crippen LogP contribution in [0.15, 0.2) is 60.8 Å². The van der Waals surface area contributed by atoms with Crippen LogP contribution in [-0.4, -0.2) is 49.3 Å². The summed E-state index contributed by atoms with van der Waals surface area (Å²) in [7, 11) is -4.39. The summed E-state index contributed by atoms with van der Waals surface area (Å²) >= 11 is 0. The van der Waals surface area contributed by atoms with Crippen LogP contribution in [0, 0.1) is 0 Å². The second-order valence-electron chi connectivity index (χ2n) is 13.2. The van der Waals surface area contributed by atoms with Crippen molar-refractivity contribution in [1.82, 2.24) is 0 Å². The number of ether oxygens (including phenoxy) is 2. The Balaban J connectivity index is 4.34. The zero-order valence-electron chi connectivity index (χ0n) is 32.8. The van der Waals surface area contributed by atoms with Crippen molar-refractivity contribution in [2.75, 3.05) is 26.4 Å². The first-order chi connectivity index (χ1) is 25.3. The number of carbonyl (C=O) groups excluding carboxylic acids is 2. The molecular formula is C42H74NO8P. The maximum absolute atomic E-state index is 12.5. The number of esters is 2. The zero-order chi connectivity index (χ0) is 38.2. The number of carbonyl (C=O) groups is 2. The molecule has 0 spiro atoms. The van der Waals surface area contributed by atoms with E-state index in [1.54, 1.807) is 0 Å². The predicted octanol–water partition coefficient (Wildman–Crippen LogP) is 11.3. The number of allylic oxidation sites excluding steroid dienone is 10. The Morgan fingerprint density at radius 2 is 1.04 bits per heavy atom. The second kappa shape index (κ2) is 38.4. The normalized spacial score (nSPS) is 14.0. The Morgan fingerprint density at radius 1 is 0.577 bits per heavy atom. The van der Waals surface area contributed by atoms with Crippen molar-refractivity contribution < 1.29 is 37.6 Å². The third kappa shape index (κ3) is 37.5. The first kappa shape index (κ1) is 49.7. The van der Waals surface area contributed by atoms with Crippen molar-refractivity contribution in [3.8, 4) is 0 Å². The average molecular weight is 752 g/mol. The van der Waals surface area contributed by atoms with Crippen LogP contribution in [0.3, 0.4) is 0 Å². The second-order valence-corrected chi connectivity index (χ2v) is 14.6. The van der Waals surface area contributed by atoms with E-state index in [1.807, 2.05) is 12.2 Å². The molecule has 0 aliphatic carbocycles. The minimum atomic E-state index is -4.39. The Hall–Kier alpha value is -2.29. The molecule has 300 valence electrons. The largest absolute Gasteiger partial charge is 0.472 e. The van der Waals surface area contributed by atoms with Gasteiger partial charge in [0.15, 0.2) is 6.10 Å². The van der Waals surface area contributed by atoms with Gasteiger partial charge in [-0.25, -0.2) is 4.57 Å². The van der Waals surface area contributed by atoms with Gasteiger partial charge in [-0.2, -0.15) is 0 Å². The van der Waals surface area contributed by atoms with Crippen molar-refractivity contribution in [3.63, 3.8) is 0 Å². The molecule has 0 saturated heterocycles. The lowest BCUT2D eigenvalue weighted by molar-refractivity contribution is -0.161. The van der Waals surface area contributed by atoms with Gasteiger partial charge in [0, 0.05) is 19.4 Å². The molecule has 0 aliphatic heterocycles. The van der Waals surface area contributed by atoms with Gasteiger partial charge >= 0.3 is 19.8 Å². The topological polar surface area (TPSA) is 134 Å². The van der Waals surface area contributed by atoms with Gasteiger partial charge in [-0.05, 0) is 51.4 Å². The van der Waals surface area contributed by atoms with Crippen molar-refractivity contribution >= 4 is 19.8 Å². The summed E-state index contributed by atoms with van der Waals surface area (Å²) in [6.45, 7) is 3.60. The smallest absolute Gasteiger partial charge is 0.462 e. The van der Waals surface area contributed by atoms with Gasteiger partial charge in [0.05, 0.1) is 13.2 Å². The first-order valence-corrected chi connectivity index (χ1v) is 21.8. The summed E-state index contributed by atoms with van der Waals surface area (Å²) < 4.78 is 32.6. The van der Waals surface area contributed by atoms with Gasteiger partial charge in [0.2, 0.25) is 0 Å². The third-order valence-electron chi connectivity index (χ3n) is 8.17. The summed E-state index contributed by atoms with van der Waals surface area (Å²) in [4.78, 5) is 34.7. The van der Waals surface area contributed by atoms with E-state index in [0.29, 0.717) is 6.42 Å². The summed E-state index contributed by atoms with van der Waals surface area (Å²) in [6.07, 6.45) is 44.1. The van der Waals surface area contributed by atoms with Gasteiger partial charge < -0.3 is 20.1 Å². The van der Waals surface area contributed by atoms with Gasteiger partial charge in [-0.15, -0.1) is 0 Å². The van der Waals surface area contributed by atoms with E-state index in [9.17, 15) is 19.0 Å². The van der Waals surface area contributed by atoms with Gasteiger partial charge in [-0.1, -0.05) is 158 Å². The number of hydrogen-bond donors (Lipinski definition) is 2. The summed E-state index contributed by atoms with van der Waals surface area (Å²) in [5.41, 5.74) is 5.33. The third-order valence-corrected chi connectivity index (χ3v) is 9.15. The molecule has 0 aliphatic rings. The molecule has 2 atom stereocenters. The number of unbranched alkanes of at least 4 members (excludes halogenated alkanes) is 14. The van der Waals surface area contributed by atoms with E-state index in [0.717, 1.165) is 44.9 Å². The highest BCUT2D eigenvalue weighted by Gasteiger charge is 2.25. The Morgan fingerprint density at radius 3 is 1.56 bits per heavy atom. The van der Waals surface area contributed by atoms with Crippen LogP contribution in [0.25, 0.3) is 0 Å². The van der Waals surface area contributed by atoms with Crippen molar-refractivity contribution in [1.29, 1.82) is 0 Å². The highest BCUT2D eigenvalue weighted by molar-refractivity contribution is 7.47. The summed E-state index contributed by atoms with van der Waals surface area (Å²) in [5, 5.41) is 0. The van der Waals surface area contributed by atoms with Crippen molar-refractivity contribution in [2.24, 2.45) is 5.73 Å². The van der Waals surface area contributed by atoms with Crippen LogP contribution in [0.5, 0.6) is 0 Å². The van der Waals surface area contributed by atoms with Gasteiger partial charge in [0.1, 0.15) is 6.61 Å². The monoisotopic (exact) mass is 752 g/mol. The number of phosphoric ester groups is 1. The fraction of sp³-hybridized carbons (Fsp3) is 0.714. The maximum Gasteiger partial charge on any atom is 0.472 e. The number of phosphoric acid groups is 1. The molecule has 0 radical (unpaired) electrons. The number of nitrogens with two attached hydrogens (primary N) is 1. The van der Waals surface area contributed by atoms with Crippen LogP contribution < -0.4 is 5.73 Å². The standard InChI is InChI=1S/C42H74NO8P/c1-3-5-7-9-11-13-15-17-18-19-20-21-22-23-25-27-29-31-33-35-42(45)51-40(39-50-52(46,47)49-37-36-43)38-48-41(44)34-32-30-28-26-24-16-14-12-10-8-6-4-2/h11,13,17-18,20-21,23,25,29,31,40H,3-10,12,14-16,19,22,24,26-28,30,32-39,43H2,1-2H3,(H,46,47)/t40-/m1/s1. The Kier molecular flexibility index (Phi) is 36.7. The molecule has 9 nitrogen and oxygen atoms in total. The van der Waals surface area contributed by atoms with Crippen LogP contribution in [0.1, 0.15) is 162 Å². The van der Waals surface area contributed by atoms with Crippen molar-refractivity contribution in [3.05, 3.63) is 60.8 Å². The lowest BCUT2D eigenvalue weighted by Crippen LogP contribution is -2.29. The molecular weight excluding hydrogens is 677 g/mol. The highest BCUT2D eigenvalue weighted by atomic mass is 31.2. The zero-order valence-corrected chi connectivity index (χ0v) is 33.7. The molecule has 0 heterocycles. The van der Waals surface area contributed by atoms with Crippen LogP contribution in [0.2, 0.25) is 0 Å². The first-order valence-electron chi connectivity index (χ1n) is 20.3. The molecule has 0 saturated carbocycles. The molecule has 0 bridgehead atoms. The van der Waals surface area contributed by atoms with E-state index in [4.69, 9.17) is 24.3 Å². The summed E-state index contributed by atoms with van der Waals surface area (Å²) in [5.74, 6) is -0.928. The lowest BCUT2D eigenvalue weighted by Gasteiger charge is -2.19. The SMILES string of the molecule is CCCCCC=CCC=CCC=CCC=CCC=CCCC(=O)O[C@H](COC(=O)CCCCCCCCCCCCCC)COP(=O)(O)OCCN. The van der Waals surface area contributed by atoms with Gasteiger partial charge in [-0.3, -0.25) is 18.6 Å². The lowest BCUT2D eigenvalue weighted by atomic mass is 10.0. The molecule has 0 rings (SSSR count). The molecule has 0 aromatic rings. The number of rotatable bonds is 37. The van der Waals surface area contributed by atoms with Crippen LogP contribution in [0.4, 0.5) is 0 Å². The molecule has 0 fully saturated rings. The molecule has 1 unspecified atom stereocenters. The fourth-order valence-corrected chi connectivity index (χ4v) is 5.91. The van der Waals surface area contributed by atoms with E-state index in [2.05, 4.69) is 62.5 Å². The Bertz CT molecular complexity index is 1040. The fourth-order valence-electron chi connectivity index (χ4n) is 5.15. The molecule has 10 heteroatoms. The van der Waals surface area contributed by atoms with E-state index >= 15 is 0 Å². The Labute approximate surface area is 317 Å². The van der Waals surface area contributed by atoms with E-state index in [-0.39, 0.29) is 32.6 Å². The number of hydrogen-bond acceptors (Lipinski definition) is 8. The quantitative estimate of drug-likeness (QED) is 0.0275. The van der Waals surface area contributed by atoms with Crippen molar-refractivity contribution in [2.45, 2.75) is 168 Å². The summed E-state index contributed by atoms with van der Waals surface area (Å²) in [6, 6.07) is 0. The minimum Gasteiger partial charge on any atom is -0.462 e. The maximum atomic E-state index is 12.5. The van der Waals surface area contributed by atoms with E-state index in [1.165, 1.54) is 83.5 Å². The molecule has 3 N–H and O–H groups in total. The van der Waals surface area contributed by atoms with Crippen LogP contribution in [-0.2, 0) is 32.7 Å². The molecule has 0 amide bonds. The van der Waals surface area contributed by atoms with Gasteiger partial charge in [0.25, 0.3) is 0 Å². The molecule has 52 heavy (non-hydrogen) atoms. The molecule has 0 aromatic heterocycles.